The quantitative estimate of drug-likeness (QED) is 0.257. The Labute approximate surface area is 227 Å². The minimum absolute atomic E-state index is 0.197. The zero-order valence-corrected chi connectivity index (χ0v) is 23.7. The fourth-order valence-electron chi connectivity index (χ4n) is 5.34. The summed E-state index contributed by atoms with van der Waals surface area (Å²) < 4.78 is 2.29. The summed E-state index contributed by atoms with van der Waals surface area (Å²) in [5, 5.41) is 6.56. The van der Waals surface area contributed by atoms with E-state index in [1.54, 1.807) is 0 Å². The van der Waals surface area contributed by atoms with Gasteiger partial charge in [-0.3, -0.25) is 4.57 Å². The summed E-state index contributed by atoms with van der Waals surface area (Å²) in [5.74, 6) is 1.80. The normalized spacial score (nSPS) is 13.8. The maximum Gasteiger partial charge on any atom is 0.144 e. The maximum atomic E-state index is 4.87. The number of para-hydroxylation sites is 1. The fraction of sp³-hybridized carbons (Fsp3) is 0.333. The van der Waals surface area contributed by atoms with Crippen LogP contribution >= 0.6 is 0 Å². The van der Waals surface area contributed by atoms with Gasteiger partial charge in [-0.1, -0.05) is 90.1 Å². The van der Waals surface area contributed by atoms with Gasteiger partial charge in [-0.25, -0.2) is 9.99 Å². The minimum atomic E-state index is -0.197. The van der Waals surface area contributed by atoms with Crippen molar-refractivity contribution in [1.29, 1.82) is 0 Å². The Morgan fingerprint density at radius 3 is 2.08 bits per heavy atom. The molecule has 0 fully saturated rings. The lowest BCUT2D eigenvalue weighted by molar-refractivity contribution is 0.549. The second-order valence-electron chi connectivity index (χ2n) is 11.5. The molecule has 0 saturated carbocycles. The van der Waals surface area contributed by atoms with Crippen molar-refractivity contribution in [3.63, 3.8) is 0 Å². The van der Waals surface area contributed by atoms with E-state index in [-0.39, 0.29) is 5.41 Å². The second kappa shape index (κ2) is 10.1. The summed E-state index contributed by atoms with van der Waals surface area (Å²) in [6.45, 7) is 14.4. The molecule has 2 heterocycles. The third kappa shape index (κ3) is 4.73. The highest BCUT2D eigenvalue weighted by atomic mass is 15.6. The number of anilines is 1. The number of rotatable bonds is 7. The van der Waals surface area contributed by atoms with Gasteiger partial charge in [0.05, 0.1) is 11.4 Å². The van der Waals surface area contributed by atoms with Crippen molar-refractivity contribution in [2.45, 2.75) is 58.8 Å². The molecule has 0 bridgehead atoms. The Kier molecular flexibility index (Phi) is 6.87. The molecule has 5 nitrogen and oxygen atoms in total. The molecule has 1 aliphatic heterocycles. The second-order valence-corrected chi connectivity index (χ2v) is 11.5. The largest absolute Gasteiger partial charge is 0.345 e. The first kappa shape index (κ1) is 25.8. The highest BCUT2D eigenvalue weighted by Gasteiger charge is 2.26. The van der Waals surface area contributed by atoms with Crippen LogP contribution in [0.1, 0.15) is 75.6 Å². The first-order valence-electron chi connectivity index (χ1n) is 13.6. The van der Waals surface area contributed by atoms with Crippen LogP contribution < -0.4 is 5.01 Å². The van der Waals surface area contributed by atoms with Gasteiger partial charge in [-0.05, 0) is 52.3 Å². The minimum Gasteiger partial charge on any atom is -0.345 e. The monoisotopic (exact) mass is 505 g/mol. The van der Waals surface area contributed by atoms with Gasteiger partial charge in [0, 0.05) is 30.4 Å². The van der Waals surface area contributed by atoms with E-state index in [1.807, 2.05) is 24.6 Å². The molecule has 1 aromatic heterocycles. The molecule has 4 aromatic rings. The van der Waals surface area contributed by atoms with Crippen LogP contribution in [-0.2, 0) is 5.41 Å². The SMILES string of the molecule is CC(C)c1cccc(C(C)C)c1-n1ccnc1-c1cccc(C(C)(C)c2cccc(N3CN(C)C=N3)c2)c1. The molecule has 0 amide bonds. The molecule has 0 spiro atoms. The lowest BCUT2D eigenvalue weighted by Crippen LogP contribution is -2.24. The van der Waals surface area contributed by atoms with Gasteiger partial charge in [0.25, 0.3) is 0 Å². The van der Waals surface area contributed by atoms with Crippen molar-refractivity contribution in [1.82, 2.24) is 14.5 Å². The molecule has 38 heavy (non-hydrogen) atoms. The number of nitrogens with zero attached hydrogens (tertiary/aromatic N) is 5. The Bertz CT molecular complexity index is 1430. The summed E-state index contributed by atoms with van der Waals surface area (Å²) in [7, 11) is 2.04. The number of imidazole rings is 1. The van der Waals surface area contributed by atoms with Gasteiger partial charge in [0.2, 0.25) is 0 Å². The standard InChI is InChI=1S/C33H39N5/c1-23(2)29-15-10-16-30(24(3)4)31(29)37-18-17-34-32(37)25-11-8-12-26(19-25)33(5,6)27-13-9-14-28(20-27)38-22-36(7)21-35-38/h8-21,23-24H,22H2,1-7H3. The molecule has 0 radical (unpaired) electrons. The third-order valence-corrected chi connectivity index (χ3v) is 7.68. The molecular formula is C33H39N5. The first-order chi connectivity index (χ1) is 18.2. The number of hydrogen-bond acceptors (Lipinski definition) is 4. The van der Waals surface area contributed by atoms with Gasteiger partial charge >= 0.3 is 0 Å². The lowest BCUT2D eigenvalue weighted by atomic mass is 9.77. The smallest absolute Gasteiger partial charge is 0.144 e. The Hall–Kier alpha value is -3.86. The zero-order valence-electron chi connectivity index (χ0n) is 23.7. The molecular weight excluding hydrogens is 466 g/mol. The van der Waals surface area contributed by atoms with Crippen molar-refractivity contribution in [3.8, 4) is 17.1 Å². The molecule has 0 atom stereocenters. The summed E-state index contributed by atoms with van der Waals surface area (Å²) in [6.07, 6.45) is 5.90. The van der Waals surface area contributed by atoms with Crippen LogP contribution in [-0.4, -0.2) is 34.5 Å². The van der Waals surface area contributed by atoms with Crippen molar-refractivity contribution in [3.05, 3.63) is 101 Å². The Morgan fingerprint density at radius 1 is 0.816 bits per heavy atom. The van der Waals surface area contributed by atoms with Crippen LogP contribution in [0.5, 0.6) is 0 Å². The summed E-state index contributed by atoms with van der Waals surface area (Å²) in [4.78, 5) is 6.94. The summed E-state index contributed by atoms with van der Waals surface area (Å²) in [6, 6.07) is 24.3. The van der Waals surface area contributed by atoms with Crippen LogP contribution in [0.3, 0.4) is 0 Å². The molecule has 0 aliphatic carbocycles. The molecule has 5 heteroatoms. The zero-order chi connectivity index (χ0) is 27.0. The highest BCUT2D eigenvalue weighted by Crippen LogP contribution is 2.37. The lowest BCUT2D eigenvalue weighted by Gasteiger charge is -2.28. The number of hydrazone groups is 1. The van der Waals surface area contributed by atoms with E-state index >= 15 is 0 Å². The van der Waals surface area contributed by atoms with E-state index in [2.05, 4.69) is 129 Å². The van der Waals surface area contributed by atoms with E-state index in [0.29, 0.717) is 11.8 Å². The van der Waals surface area contributed by atoms with Gasteiger partial charge < -0.3 is 4.90 Å². The first-order valence-corrected chi connectivity index (χ1v) is 13.6. The van der Waals surface area contributed by atoms with E-state index in [9.17, 15) is 0 Å². The average Bonchev–Trinajstić information content (AvgIpc) is 3.57. The van der Waals surface area contributed by atoms with E-state index in [1.165, 1.54) is 27.9 Å². The number of aromatic nitrogens is 2. The van der Waals surface area contributed by atoms with E-state index in [4.69, 9.17) is 4.98 Å². The summed E-state index contributed by atoms with van der Waals surface area (Å²) in [5.41, 5.74) is 8.50. The van der Waals surface area contributed by atoms with Crippen LogP contribution in [0.15, 0.2) is 84.2 Å². The van der Waals surface area contributed by atoms with Crippen LogP contribution in [0.2, 0.25) is 0 Å². The van der Waals surface area contributed by atoms with Crippen molar-refractivity contribution >= 4 is 12.0 Å². The van der Waals surface area contributed by atoms with Gasteiger partial charge in [-0.15, -0.1) is 0 Å². The molecule has 0 unspecified atom stereocenters. The van der Waals surface area contributed by atoms with Crippen LogP contribution in [0.4, 0.5) is 5.69 Å². The van der Waals surface area contributed by atoms with E-state index < -0.39 is 0 Å². The molecule has 1 aliphatic rings. The van der Waals surface area contributed by atoms with Gasteiger partial charge in [0.1, 0.15) is 18.8 Å². The maximum absolute atomic E-state index is 4.87. The third-order valence-electron chi connectivity index (χ3n) is 7.68. The molecule has 0 N–H and O–H groups in total. The summed E-state index contributed by atoms with van der Waals surface area (Å²) >= 11 is 0. The van der Waals surface area contributed by atoms with Gasteiger partial charge in [-0.2, -0.15) is 5.10 Å². The van der Waals surface area contributed by atoms with Crippen molar-refractivity contribution in [2.24, 2.45) is 5.10 Å². The Morgan fingerprint density at radius 2 is 1.45 bits per heavy atom. The van der Waals surface area contributed by atoms with Crippen molar-refractivity contribution in [2.75, 3.05) is 18.7 Å². The topological polar surface area (TPSA) is 36.7 Å². The van der Waals surface area contributed by atoms with Gasteiger partial charge in [0.15, 0.2) is 0 Å². The molecule has 0 saturated heterocycles. The van der Waals surface area contributed by atoms with E-state index in [0.717, 1.165) is 23.7 Å². The Balaban J connectivity index is 1.56. The number of benzene rings is 3. The highest BCUT2D eigenvalue weighted by molar-refractivity contribution is 5.65. The molecule has 5 rings (SSSR count). The molecule has 3 aromatic carbocycles. The predicted octanol–water partition coefficient (Wildman–Crippen LogP) is 7.76. The fourth-order valence-corrected chi connectivity index (χ4v) is 5.34. The van der Waals surface area contributed by atoms with Crippen LogP contribution in [0.25, 0.3) is 17.1 Å². The average molecular weight is 506 g/mol. The predicted molar refractivity (Wildman–Crippen MR) is 159 cm³/mol. The molecule has 196 valence electrons. The number of hydrogen-bond donors (Lipinski definition) is 0. The van der Waals surface area contributed by atoms with Crippen molar-refractivity contribution < 1.29 is 0 Å². The van der Waals surface area contributed by atoms with Crippen LogP contribution in [0, 0.1) is 0 Å².